The van der Waals surface area contributed by atoms with E-state index in [2.05, 4.69) is 11.7 Å². The monoisotopic (exact) mass is 496 g/mol. The van der Waals surface area contributed by atoms with E-state index >= 15 is 0 Å². The summed E-state index contributed by atoms with van der Waals surface area (Å²) in [7, 11) is 0. The maximum atomic E-state index is 13.4. The fourth-order valence-corrected chi connectivity index (χ4v) is 5.61. The molecule has 2 aliphatic carbocycles. The Morgan fingerprint density at radius 3 is 1.71 bits per heavy atom. The van der Waals surface area contributed by atoms with Gasteiger partial charge in [0.1, 0.15) is 5.75 Å². The average Bonchev–Trinajstić information content (AvgIpc) is 2.82. The number of halogens is 7. The summed E-state index contributed by atoms with van der Waals surface area (Å²) in [4.78, 5) is 0. The molecule has 0 aromatic heterocycles. The van der Waals surface area contributed by atoms with Gasteiger partial charge >= 0.3 is 18.0 Å². The van der Waals surface area contributed by atoms with Crippen molar-refractivity contribution in [2.24, 2.45) is 23.7 Å². The van der Waals surface area contributed by atoms with E-state index in [1.807, 2.05) is 0 Å². The normalized spacial score (nSPS) is 26.9. The van der Waals surface area contributed by atoms with Gasteiger partial charge < -0.3 is 4.74 Å². The standard InChI is InChI=1S/C26H35F7O/c1-2-18-5-11-21(12-6-18)22-13-7-19(8-14-22)3-4-20-9-15-23(16-10-20)34-17-24(27,28)25(29,30)26(31,32)33/h9-10,15-16,18-19,21-22H,2-8,11-14,17H2,1H3. The molecule has 0 radical (unpaired) electrons. The molecular formula is C26H35F7O. The number of rotatable bonds is 9. The zero-order chi connectivity index (χ0) is 25.0. The van der Waals surface area contributed by atoms with Crippen LogP contribution in [0.15, 0.2) is 24.3 Å². The highest BCUT2D eigenvalue weighted by atomic mass is 19.4. The Morgan fingerprint density at radius 1 is 0.735 bits per heavy atom. The third-order valence-electron chi connectivity index (χ3n) is 8.03. The van der Waals surface area contributed by atoms with Crippen LogP contribution in [0.1, 0.15) is 76.7 Å². The van der Waals surface area contributed by atoms with E-state index in [-0.39, 0.29) is 5.75 Å². The predicted molar refractivity (Wildman–Crippen MR) is 117 cm³/mol. The van der Waals surface area contributed by atoms with Gasteiger partial charge in [0.2, 0.25) is 0 Å². The summed E-state index contributed by atoms with van der Waals surface area (Å²) >= 11 is 0. The Hall–Kier alpha value is -1.47. The molecule has 34 heavy (non-hydrogen) atoms. The SMILES string of the molecule is CCC1CCC(C2CCC(CCc3ccc(OCC(F)(F)C(F)(F)C(F)(F)F)cc3)CC2)CC1. The number of hydrogen-bond donors (Lipinski definition) is 0. The van der Waals surface area contributed by atoms with Gasteiger partial charge in [0, 0.05) is 0 Å². The lowest BCUT2D eigenvalue weighted by Crippen LogP contribution is -2.54. The first kappa shape index (κ1) is 27.1. The second kappa shape index (κ2) is 11.1. The van der Waals surface area contributed by atoms with Crippen LogP contribution in [0.3, 0.4) is 0 Å². The zero-order valence-electron chi connectivity index (χ0n) is 19.7. The van der Waals surface area contributed by atoms with Gasteiger partial charge in [0.15, 0.2) is 6.61 Å². The topological polar surface area (TPSA) is 9.23 Å². The van der Waals surface area contributed by atoms with Crippen molar-refractivity contribution in [1.29, 1.82) is 0 Å². The second-order valence-electron chi connectivity index (χ2n) is 10.2. The van der Waals surface area contributed by atoms with E-state index < -0.39 is 24.6 Å². The molecule has 3 rings (SSSR count). The molecular weight excluding hydrogens is 461 g/mol. The summed E-state index contributed by atoms with van der Waals surface area (Å²) in [5.41, 5.74) is 0.958. The molecule has 2 aliphatic rings. The van der Waals surface area contributed by atoms with Crippen LogP contribution in [-0.2, 0) is 6.42 Å². The minimum Gasteiger partial charge on any atom is -0.487 e. The first-order valence-electron chi connectivity index (χ1n) is 12.5. The Balaban J connectivity index is 1.39. The van der Waals surface area contributed by atoms with Gasteiger partial charge in [0.25, 0.3) is 0 Å². The van der Waals surface area contributed by atoms with Crippen LogP contribution < -0.4 is 4.74 Å². The molecule has 0 N–H and O–H groups in total. The second-order valence-corrected chi connectivity index (χ2v) is 10.2. The summed E-state index contributed by atoms with van der Waals surface area (Å²) in [6, 6.07) is 5.96. The van der Waals surface area contributed by atoms with E-state index in [4.69, 9.17) is 0 Å². The Morgan fingerprint density at radius 2 is 1.24 bits per heavy atom. The first-order chi connectivity index (χ1) is 15.9. The third kappa shape index (κ3) is 6.60. The molecule has 0 heterocycles. The highest BCUT2D eigenvalue weighted by Crippen LogP contribution is 2.46. The van der Waals surface area contributed by atoms with Gasteiger partial charge in [-0.15, -0.1) is 0 Å². The number of aryl methyl sites for hydroxylation is 1. The van der Waals surface area contributed by atoms with Crippen molar-refractivity contribution in [3.05, 3.63) is 29.8 Å². The summed E-state index contributed by atoms with van der Waals surface area (Å²) in [5.74, 6) is -8.37. The molecule has 0 amide bonds. The number of benzene rings is 1. The smallest absolute Gasteiger partial charge is 0.460 e. The van der Waals surface area contributed by atoms with Crippen molar-refractivity contribution in [2.45, 2.75) is 95.6 Å². The summed E-state index contributed by atoms with van der Waals surface area (Å²) in [6.07, 6.45) is 7.31. The van der Waals surface area contributed by atoms with Crippen LogP contribution >= 0.6 is 0 Å². The molecule has 0 saturated heterocycles. The quantitative estimate of drug-likeness (QED) is 0.310. The van der Waals surface area contributed by atoms with E-state index in [1.165, 1.54) is 69.9 Å². The molecule has 0 bridgehead atoms. The first-order valence-corrected chi connectivity index (χ1v) is 12.5. The van der Waals surface area contributed by atoms with Crippen LogP contribution in [0.2, 0.25) is 0 Å². The van der Waals surface area contributed by atoms with Gasteiger partial charge in [0.05, 0.1) is 0 Å². The summed E-state index contributed by atoms with van der Waals surface area (Å²) in [5, 5.41) is 0. The molecule has 194 valence electrons. The lowest BCUT2D eigenvalue weighted by atomic mass is 9.68. The van der Waals surface area contributed by atoms with Crippen molar-refractivity contribution in [3.8, 4) is 5.75 Å². The average molecular weight is 497 g/mol. The predicted octanol–water partition coefficient (Wildman–Crippen LogP) is 8.85. The molecule has 1 nitrogen and oxygen atoms in total. The van der Waals surface area contributed by atoms with Crippen LogP contribution in [0.5, 0.6) is 5.75 Å². The summed E-state index contributed by atoms with van der Waals surface area (Å²) < 4.78 is 93.8. The van der Waals surface area contributed by atoms with Crippen molar-refractivity contribution >= 4 is 0 Å². The molecule has 2 saturated carbocycles. The lowest BCUT2D eigenvalue weighted by molar-refractivity contribution is -0.358. The zero-order valence-corrected chi connectivity index (χ0v) is 19.7. The van der Waals surface area contributed by atoms with Crippen LogP contribution in [0.25, 0.3) is 0 Å². The van der Waals surface area contributed by atoms with E-state index in [0.717, 1.165) is 36.2 Å². The summed E-state index contributed by atoms with van der Waals surface area (Å²) in [6.45, 7) is 0.233. The van der Waals surface area contributed by atoms with Gasteiger partial charge in [-0.25, -0.2) is 0 Å². The fraction of sp³-hybridized carbons (Fsp3) is 0.769. The van der Waals surface area contributed by atoms with Gasteiger partial charge in [-0.3, -0.25) is 0 Å². The van der Waals surface area contributed by atoms with Gasteiger partial charge in [-0.1, -0.05) is 51.2 Å². The minimum absolute atomic E-state index is 0.167. The maximum Gasteiger partial charge on any atom is 0.460 e. The number of ether oxygens (including phenoxy) is 1. The maximum absolute atomic E-state index is 13.4. The minimum atomic E-state index is -6.35. The lowest BCUT2D eigenvalue weighted by Gasteiger charge is -2.37. The molecule has 0 atom stereocenters. The van der Waals surface area contributed by atoms with Crippen LogP contribution in [0, 0.1) is 23.7 Å². The van der Waals surface area contributed by atoms with Gasteiger partial charge in [-0.2, -0.15) is 30.7 Å². The van der Waals surface area contributed by atoms with E-state index in [1.54, 1.807) is 12.1 Å². The Labute approximate surface area is 197 Å². The Kier molecular flexibility index (Phi) is 8.83. The highest BCUT2D eigenvalue weighted by Gasteiger charge is 2.73. The van der Waals surface area contributed by atoms with Crippen molar-refractivity contribution in [3.63, 3.8) is 0 Å². The van der Waals surface area contributed by atoms with E-state index in [0.29, 0.717) is 5.92 Å². The Bertz CT molecular complexity index is 743. The number of alkyl halides is 7. The fourth-order valence-electron chi connectivity index (χ4n) is 5.61. The third-order valence-corrected chi connectivity index (χ3v) is 8.03. The van der Waals surface area contributed by atoms with Crippen molar-refractivity contribution < 1.29 is 35.5 Å². The van der Waals surface area contributed by atoms with Crippen LogP contribution in [0.4, 0.5) is 30.7 Å². The molecule has 0 unspecified atom stereocenters. The van der Waals surface area contributed by atoms with E-state index in [9.17, 15) is 30.7 Å². The van der Waals surface area contributed by atoms with Crippen LogP contribution in [-0.4, -0.2) is 24.6 Å². The molecule has 1 aromatic rings. The highest BCUT2D eigenvalue weighted by molar-refractivity contribution is 5.27. The molecule has 2 fully saturated rings. The molecule has 1 aromatic carbocycles. The van der Waals surface area contributed by atoms with Crippen molar-refractivity contribution in [2.75, 3.05) is 6.61 Å². The molecule has 0 aliphatic heterocycles. The molecule has 0 spiro atoms. The molecule has 8 heteroatoms. The van der Waals surface area contributed by atoms with Crippen molar-refractivity contribution in [1.82, 2.24) is 0 Å². The van der Waals surface area contributed by atoms with Gasteiger partial charge in [-0.05, 0) is 79.9 Å². The number of hydrogen-bond acceptors (Lipinski definition) is 1. The largest absolute Gasteiger partial charge is 0.487 e.